The van der Waals surface area contributed by atoms with Crippen molar-refractivity contribution in [2.75, 3.05) is 47.3 Å². The second-order valence-electron chi connectivity index (χ2n) is 2.33. The summed E-state index contributed by atoms with van der Waals surface area (Å²) in [4.78, 5) is 0. The van der Waals surface area contributed by atoms with Crippen LogP contribution in [0, 0.1) is 0 Å². The molecule has 0 aliphatic heterocycles. The molecule has 1 atom stereocenters. The minimum atomic E-state index is -0.0357. The highest BCUT2D eigenvalue weighted by molar-refractivity contribution is 9.09. The molecule has 0 rings (SSSR count). The molecule has 0 amide bonds. The van der Waals surface area contributed by atoms with Crippen molar-refractivity contribution in [1.29, 1.82) is 0 Å². The van der Waals surface area contributed by atoms with Crippen LogP contribution in [0.2, 0.25) is 0 Å². The van der Waals surface area contributed by atoms with Crippen LogP contribution in [0.1, 0.15) is 0 Å². The van der Waals surface area contributed by atoms with Crippen LogP contribution in [0.4, 0.5) is 0 Å². The minimum Gasteiger partial charge on any atom is -0.382 e. The number of rotatable bonds is 9. The summed E-state index contributed by atoms with van der Waals surface area (Å²) in [5, 5.41) is -0.0357. The number of hydrogen-bond donors (Lipinski definition) is 0. The highest BCUT2D eigenvalue weighted by Crippen LogP contribution is 1.99. The molecule has 0 saturated heterocycles. The van der Waals surface area contributed by atoms with E-state index in [1.165, 1.54) is 0 Å². The predicted molar refractivity (Wildman–Crippen MR) is 53.2 cm³/mol. The number of ether oxygens (including phenoxy) is 4. The van der Waals surface area contributed by atoms with E-state index in [0.29, 0.717) is 33.0 Å². The maximum Gasteiger partial charge on any atom is 0.135 e. The van der Waals surface area contributed by atoms with Gasteiger partial charge in [-0.25, -0.2) is 0 Å². The van der Waals surface area contributed by atoms with Gasteiger partial charge in [-0.05, 0) is 0 Å². The van der Waals surface area contributed by atoms with E-state index in [1.807, 2.05) is 0 Å². The molecule has 0 aromatic carbocycles. The Morgan fingerprint density at radius 2 is 1.62 bits per heavy atom. The van der Waals surface area contributed by atoms with E-state index in [-0.39, 0.29) is 5.01 Å². The van der Waals surface area contributed by atoms with Gasteiger partial charge < -0.3 is 18.9 Å². The van der Waals surface area contributed by atoms with E-state index >= 15 is 0 Å². The largest absolute Gasteiger partial charge is 0.382 e. The fourth-order valence-electron chi connectivity index (χ4n) is 0.606. The van der Waals surface area contributed by atoms with Gasteiger partial charge in [0.1, 0.15) is 5.01 Å². The molecule has 0 saturated carbocycles. The quantitative estimate of drug-likeness (QED) is 0.456. The van der Waals surface area contributed by atoms with Crippen LogP contribution in [-0.4, -0.2) is 52.3 Å². The van der Waals surface area contributed by atoms with Crippen molar-refractivity contribution in [2.45, 2.75) is 5.01 Å². The number of alkyl halides is 1. The third-order valence-corrected chi connectivity index (χ3v) is 1.95. The van der Waals surface area contributed by atoms with Gasteiger partial charge >= 0.3 is 0 Å². The van der Waals surface area contributed by atoms with Crippen LogP contribution in [-0.2, 0) is 18.9 Å². The SMILES string of the molecule is COCCOCCOCC(Br)OC. The molecule has 4 nitrogen and oxygen atoms in total. The van der Waals surface area contributed by atoms with E-state index < -0.39 is 0 Å². The summed E-state index contributed by atoms with van der Waals surface area (Å²) in [6.45, 7) is 2.94. The van der Waals surface area contributed by atoms with Gasteiger partial charge in [-0.1, -0.05) is 15.9 Å². The first-order valence-corrected chi connectivity index (χ1v) is 5.04. The second-order valence-corrected chi connectivity index (χ2v) is 3.35. The third-order valence-electron chi connectivity index (χ3n) is 1.31. The van der Waals surface area contributed by atoms with Crippen LogP contribution in [0.5, 0.6) is 0 Å². The maximum absolute atomic E-state index is 5.23. The smallest absolute Gasteiger partial charge is 0.135 e. The highest BCUT2D eigenvalue weighted by Gasteiger charge is 1.99. The van der Waals surface area contributed by atoms with Crippen molar-refractivity contribution >= 4 is 15.9 Å². The van der Waals surface area contributed by atoms with E-state index in [0.717, 1.165) is 0 Å². The minimum absolute atomic E-state index is 0.0357. The molecule has 0 spiro atoms. The first-order valence-electron chi connectivity index (χ1n) is 4.12. The van der Waals surface area contributed by atoms with Crippen molar-refractivity contribution in [3.63, 3.8) is 0 Å². The molecule has 13 heavy (non-hydrogen) atoms. The predicted octanol–water partition coefficient (Wildman–Crippen LogP) is 1.03. The van der Waals surface area contributed by atoms with E-state index in [1.54, 1.807) is 14.2 Å². The third kappa shape index (κ3) is 10.2. The van der Waals surface area contributed by atoms with Crippen molar-refractivity contribution in [2.24, 2.45) is 0 Å². The molecule has 0 fully saturated rings. The zero-order valence-corrected chi connectivity index (χ0v) is 9.71. The molecular weight excluding hydrogens is 240 g/mol. The summed E-state index contributed by atoms with van der Waals surface area (Å²) in [6, 6.07) is 0. The normalized spacial score (nSPS) is 13.2. The van der Waals surface area contributed by atoms with Gasteiger partial charge in [-0.15, -0.1) is 0 Å². The summed E-state index contributed by atoms with van der Waals surface area (Å²) in [7, 11) is 3.27. The fourth-order valence-corrected chi connectivity index (χ4v) is 0.793. The van der Waals surface area contributed by atoms with Gasteiger partial charge in [-0.3, -0.25) is 0 Å². The van der Waals surface area contributed by atoms with Gasteiger partial charge in [0.2, 0.25) is 0 Å². The molecule has 0 heterocycles. The average Bonchev–Trinajstić information content (AvgIpc) is 2.16. The summed E-state index contributed by atoms with van der Waals surface area (Å²) in [6.07, 6.45) is 0. The zero-order chi connectivity index (χ0) is 9.94. The molecule has 0 bridgehead atoms. The monoisotopic (exact) mass is 256 g/mol. The molecule has 0 aliphatic rings. The van der Waals surface area contributed by atoms with Crippen molar-refractivity contribution in [3.8, 4) is 0 Å². The van der Waals surface area contributed by atoms with E-state index in [9.17, 15) is 0 Å². The second kappa shape index (κ2) is 10.4. The number of halogens is 1. The summed E-state index contributed by atoms with van der Waals surface area (Å²) in [5.74, 6) is 0. The first kappa shape index (κ1) is 13.3. The standard InChI is InChI=1S/C8H17BrO4/c1-10-3-4-12-5-6-13-7-8(9)11-2/h8H,3-7H2,1-2H3. The van der Waals surface area contributed by atoms with Crippen LogP contribution in [0.15, 0.2) is 0 Å². The lowest BCUT2D eigenvalue weighted by Gasteiger charge is -2.08. The first-order chi connectivity index (χ1) is 6.31. The molecule has 0 aromatic rings. The molecular formula is C8H17BrO4. The van der Waals surface area contributed by atoms with Crippen LogP contribution in [0.3, 0.4) is 0 Å². The van der Waals surface area contributed by atoms with Crippen molar-refractivity contribution < 1.29 is 18.9 Å². The van der Waals surface area contributed by atoms with Gasteiger partial charge in [0.05, 0.1) is 33.0 Å². The lowest BCUT2D eigenvalue weighted by molar-refractivity contribution is 0.00525. The fraction of sp³-hybridized carbons (Fsp3) is 1.00. The molecule has 0 aliphatic carbocycles. The Bertz CT molecular complexity index is 102. The Morgan fingerprint density at radius 1 is 1.00 bits per heavy atom. The van der Waals surface area contributed by atoms with Crippen LogP contribution < -0.4 is 0 Å². The van der Waals surface area contributed by atoms with Gasteiger partial charge in [0.15, 0.2) is 0 Å². The molecule has 80 valence electrons. The van der Waals surface area contributed by atoms with E-state index in [4.69, 9.17) is 18.9 Å². The zero-order valence-electron chi connectivity index (χ0n) is 8.12. The Kier molecular flexibility index (Phi) is 10.7. The van der Waals surface area contributed by atoms with Gasteiger partial charge in [0, 0.05) is 14.2 Å². The Balaban J connectivity index is 2.91. The lowest BCUT2D eigenvalue weighted by Crippen LogP contribution is -2.14. The Hall–Kier alpha value is 0.320. The van der Waals surface area contributed by atoms with Gasteiger partial charge in [-0.2, -0.15) is 0 Å². The topological polar surface area (TPSA) is 36.9 Å². The molecule has 0 N–H and O–H groups in total. The Labute approximate surface area is 87.6 Å². The number of methoxy groups -OCH3 is 2. The van der Waals surface area contributed by atoms with Crippen LogP contribution >= 0.6 is 15.9 Å². The molecule has 1 unspecified atom stereocenters. The Morgan fingerprint density at radius 3 is 2.23 bits per heavy atom. The van der Waals surface area contributed by atoms with Crippen LogP contribution in [0.25, 0.3) is 0 Å². The average molecular weight is 257 g/mol. The highest BCUT2D eigenvalue weighted by atomic mass is 79.9. The summed E-state index contributed by atoms with van der Waals surface area (Å²) in [5.41, 5.74) is 0. The van der Waals surface area contributed by atoms with Crippen molar-refractivity contribution in [3.05, 3.63) is 0 Å². The van der Waals surface area contributed by atoms with Crippen molar-refractivity contribution in [1.82, 2.24) is 0 Å². The molecule has 5 heteroatoms. The van der Waals surface area contributed by atoms with E-state index in [2.05, 4.69) is 15.9 Å². The van der Waals surface area contributed by atoms with Gasteiger partial charge in [0.25, 0.3) is 0 Å². The summed E-state index contributed by atoms with van der Waals surface area (Å²) < 4.78 is 20.1. The molecule has 0 radical (unpaired) electrons. The summed E-state index contributed by atoms with van der Waals surface area (Å²) >= 11 is 3.26. The maximum atomic E-state index is 5.23. The lowest BCUT2D eigenvalue weighted by atomic mass is 10.7. The number of hydrogen-bond acceptors (Lipinski definition) is 4. The molecule has 0 aromatic heterocycles.